The van der Waals surface area contributed by atoms with Gasteiger partial charge in [0.2, 0.25) is 0 Å². The van der Waals surface area contributed by atoms with Gasteiger partial charge in [0.1, 0.15) is 44.1 Å². The van der Waals surface area contributed by atoms with Gasteiger partial charge in [0.05, 0.1) is 94.3 Å². The van der Waals surface area contributed by atoms with Crippen molar-refractivity contribution in [3.63, 3.8) is 0 Å². The molecule has 3 saturated heterocycles. The monoisotopic (exact) mass is 1280 g/mol. The van der Waals surface area contributed by atoms with E-state index in [2.05, 4.69) is 0 Å². The number of hydrogen-bond donors (Lipinski definition) is 0. The van der Waals surface area contributed by atoms with Crippen molar-refractivity contribution >= 4 is 70.6 Å². The number of fused-ring (bicyclic) bond motifs is 9. The Kier molecular flexibility index (Phi) is 16.7. The summed E-state index contributed by atoms with van der Waals surface area (Å²) in [5.41, 5.74) is -1.17. The van der Waals surface area contributed by atoms with E-state index in [4.69, 9.17) is 63.2 Å². The van der Waals surface area contributed by atoms with E-state index in [0.717, 1.165) is 36.4 Å². The molecule has 6 aliphatic rings. The zero-order valence-corrected chi connectivity index (χ0v) is 47.8. The van der Waals surface area contributed by atoms with Crippen LogP contribution >= 0.6 is 34.8 Å². The number of ether oxygens (including phenoxy) is 6. The van der Waals surface area contributed by atoms with Gasteiger partial charge in [-0.3, -0.25) is 0 Å². The minimum atomic E-state index is -4.28. The molecule has 0 amide bonds. The molecule has 27 heteroatoms. The molecular weight excluding hydrogens is 1240 g/mol. The Labute approximate surface area is 492 Å². The van der Waals surface area contributed by atoms with E-state index in [1.807, 2.05) is 12.1 Å². The van der Waals surface area contributed by atoms with Gasteiger partial charge in [0.25, 0.3) is 0 Å². The van der Waals surface area contributed by atoms with Gasteiger partial charge in [0.15, 0.2) is 76.4 Å². The number of nitriles is 2. The second-order valence-corrected chi connectivity index (χ2v) is 28.0. The zero-order valence-electron chi connectivity index (χ0n) is 43.1. The minimum Gasteiger partial charge on any atom is -0.490 e. The van der Waals surface area contributed by atoms with Crippen molar-refractivity contribution in [1.29, 1.82) is 10.5 Å². The third-order valence-electron chi connectivity index (χ3n) is 16.1. The predicted octanol–water partition coefficient (Wildman–Crippen LogP) is 10.5. The van der Waals surface area contributed by atoms with Crippen molar-refractivity contribution in [2.24, 2.45) is 17.8 Å². The molecule has 6 aromatic rings. The Morgan fingerprint density at radius 2 is 0.702 bits per heavy atom. The molecule has 0 aliphatic carbocycles. The molecular formula is C57H43Cl3F6N2O13S3. The topological polar surface area (TPSA) is 222 Å². The lowest BCUT2D eigenvalue weighted by atomic mass is 9.76. The third kappa shape index (κ3) is 9.56. The van der Waals surface area contributed by atoms with E-state index in [1.165, 1.54) is 72.8 Å². The summed E-state index contributed by atoms with van der Waals surface area (Å²) in [4.78, 5) is 11.3. The van der Waals surface area contributed by atoms with Crippen LogP contribution in [0, 0.1) is 75.3 Å². The second-order valence-electron chi connectivity index (χ2n) is 20.1. The lowest BCUT2D eigenvalue weighted by molar-refractivity contribution is -0.131. The minimum absolute atomic E-state index is 0.1000. The number of hydrogen-bond acceptors (Lipinski definition) is 15. The van der Waals surface area contributed by atoms with Crippen molar-refractivity contribution in [3.8, 4) is 29.4 Å². The van der Waals surface area contributed by atoms with E-state index in [1.54, 1.807) is 0 Å². The summed E-state index contributed by atoms with van der Waals surface area (Å²) >= 11 is 17.6. The highest BCUT2D eigenvalue weighted by atomic mass is 35.5. The maximum atomic E-state index is 15.0. The highest BCUT2D eigenvalue weighted by Crippen LogP contribution is 2.59. The molecule has 0 spiro atoms. The molecule has 3 fully saturated rings. The summed E-state index contributed by atoms with van der Waals surface area (Å²) in [5.74, 6) is -9.73. The first-order valence-electron chi connectivity index (χ1n) is 25.4. The summed E-state index contributed by atoms with van der Waals surface area (Å²) in [6.07, 6.45) is -3.38. The van der Waals surface area contributed by atoms with E-state index in [-0.39, 0.29) is 84.7 Å². The molecule has 440 valence electrons. The highest BCUT2D eigenvalue weighted by Gasteiger charge is 2.65. The SMILES string of the molecule is N#C[C@@H]1OCC[C@@]2(S(=O)(=O)c3ccc(Cl)cc3)c3c(F)ccc(F)c3OC[C@@H]12.N#C[C@H]1OCC[C@@]2(S(=O)(=O)c3ccc(Cl)cc3)c3c(F)ccc(F)c3OC[C@@H]12.O=C[C@@H]1OCC[C@@]2(S(=O)(=O)c3ccc(Cl)cc3)c3c(F)ccc(F)c3OC[C@@H]12. The smallest absolute Gasteiger partial charge is 0.189 e. The molecule has 0 saturated carbocycles. The molecule has 0 N–H and O–H groups in total. The van der Waals surface area contributed by atoms with Crippen molar-refractivity contribution in [2.75, 3.05) is 39.6 Å². The van der Waals surface area contributed by atoms with Crippen LogP contribution in [0.1, 0.15) is 36.0 Å². The van der Waals surface area contributed by atoms with Gasteiger partial charge in [-0.25, -0.2) is 51.6 Å². The van der Waals surface area contributed by atoms with Crippen LogP contribution in [0.4, 0.5) is 26.3 Å². The molecule has 0 unspecified atom stereocenters. The number of benzene rings is 6. The average Bonchev–Trinajstić information content (AvgIpc) is 0.800. The molecule has 0 aromatic heterocycles. The van der Waals surface area contributed by atoms with Crippen LogP contribution < -0.4 is 14.2 Å². The van der Waals surface area contributed by atoms with Crippen LogP contribution in [-0.2, 0) is 62.8 Å². The number of halogens is 9. The van der Waals surface area contributed by atoms with Gasteiger partial charge >= 0.3 is 0 Å². The maximum Gasteiger partial charge on any atom is 0.189 e. The Morgan fingerprint density at radius 1 is 0.429 bits per heavy atom. The van der Waals surface area contributed by atoms with Gasteiger partial charge in [0, 0.05) is 21.7 Å². The molecule has 84 heavy (non-hydrogen) atoms. The van der Waals surface area contributed by atoms with E-state index in [9.17, 15) is 66.9 Å². The van der Waals surface area contributed by atoms with Crippen LogP contribution in [0.5, 0.6) is 17.2 Å². The lowest BCUT2D eigenvalue weighted by Crippen LogP contribution is -2.58. The van der Waals surface area contributed by atoms with E-state index in [0.29, 0.717) is 21.4 Å². The van der Waals surface area contributed by atoms with Crippen LogP contribution in [-0.4, -0.2) is 89.5 Å². The standard InChI is InChI=1S/2C19H14ClF2NO4S.C19H15ClF2O5S/c3*20-11-1-3-12(4-2-11)28(24,25)19-7-8-26-16(9-23)13(19)10-27-18-15(22)6-5-14(21)17(18)19/h2*1-6,13,16H,7-8,10H2;1-6,9,13,16H,7-8,10H2/t13-,16+,19-;2*13-,16-,19-/m000/s1. The first kappa shape index (κ1) is 60.7. The third-order valence-corrected chi connectivity index (χ3v) is 24.6. The molecule has 0 radical (unpaired) electrons. The van der Waals surface area contributed by atoms with Gasteiger partial charge < -0.3 is 33.2 Å². The number of aldehydes is 1. The predicted molar refractivity (Wildman–Crippen MR) is 287 cm³/mol. The van der Waals surface area contributed by atoms with Crippen molar-refractivity contribution in [3.05, 3.63) is 176 Å². The quantitative estimate of drug-likeness (QED) is 0.107. The fourth-order valence-electron chi connectivity index (χ4n) is 12.3. The van der Waals surface area contributed by atoms with E-state index >= 15 is 0 Å². The number of rotatable bonds is 7. The van der Waals surface area contributed by atoms with E-state index < -0.39 is 138 Å². The van der Waals surface area contributed by atoms with Gasteiger partial charge in [-0.05, 0) is 128 Å². The summed E-state index contributed by atoms with van der Waals surface area (Å²) in [6.45, 7) is -1.20. The molecule has 6 aromatic carbocycles. The van der Waals surface area contributed by atoms with Crippen molar-refractivity contribution < 1.29 is 84.8 Å². The molecule has 9 atom stereocenters. The second kappa shape index (κ2) is 23.1. The number of nitrogens with zero attached hydrogens (tertiary/aromatic N) is 2. The fraction of sp³-hybridized carbons (Fsp3) is 0.316. The molecule has 6 aliphatic heterocycles. The fourth-order valence-corrected chi connectivity index (χ4v) is 19.6. The number of carbonyl (C=O) groups excluding carboxylic acids is 1. The summed E-state index contributed by atoms with van der Waals surface area (Å²) in [7, 11) is -12.8. The Bertz CT molecular complexity index is 3860. The number of carbonyl (C=O) groups is 1. The highest BCUT2D eigenvalue weighted by molar-refractivity contribution is 7.93. The molecule has 12 rings (SSSR count). The van der Waals surface area contributed by atoms with Crippen molar-refractivity contribution in [2.45, 2.75) is 66.5 Å². The Morgan fingerprint density at radius 3 is 1.00 bits per heavy atom. The molecule has 0 bridgehead atoms. The average molecular weight is 1280 g/mol. The zero-order chi connectivity index (χ0) is 60.3. The largest absolute Gasteiger partial charge is 0.490 e. The first-order valence-corrected chi connectivity index (χ1v) is 31.0. The summed E-state index contributed by atoms with van der Waals surface area (Å²) in [5, 5.41) is 20.0. The summed E-state index contributed by atoms with van der Waals surface area (Å²) < 4.78 is 197. The first-order chi connectivity index (χ1) is 40.0. The van der Waals surface area contributed by atoms with Crippen LogP contribution in [0.2, 0.25) is 15.1 Å². The Hall–Kier alpha value is -6.45. The molecule has 15 nitrogen and oxygen atoms in total. The van der Waals surface area contributed by atoms with Gasteiger partial charge in [-0.15, -0.1) is 0 Å². The van der Waals surface area contributed by atoms with Crippen LogP contribution in [0.25, 0.3) is 0 Å². The number of sulfone groups is 3. The maximum absolute atomic E-state index is 15.0. The van der Waals surface area contributed by atoms with Crippen molar-refractivity contribution in [1.82, 2.24) is 0 Å². The van der Waals surface area contributed by atoms with Gasteiger partial charge in [-0.2, -0.15) is 10.5 Å². The normalized spacial score (nSPS) is 26.6. The lowest BCUT2D eigenvalue weighted by Gasteiger charge is -2.48. The summed E-state index contributed by atoms with van der Waals surface area (Å²) in [6, 6.07) is 25.4. The van der Waals surface area contributed by atoms with Crippen LogP contribution in [0.3, 0.4) is 0 Å². The van der Waals surface area contributed by atoms with Crippen LogP contribution in [0.15, 0.2) is 124 Å². The Balaban J connectivity index is 0.000000140. The van der Waals surface area contributed by atoms with Gasteiger partial charge in [-0.1, -0.05) is 34.8 Å². The molecule has 6 heterocycles.